The normalized spacial score (nSPS) is 12.8. The molecule has 0 fully saturated rings. The van der Waals surface area contributed by atoms with Crippen molar-refractivity contribution in [3.05, 3.63) is 33.2 Å². The Balaban J connectivity index is 1.62. The fraction of sp³-hybridized carbons (Fsp3) is 0.450. The molecule has 0 spiro atoms. The Morgan fingerprint density at radius 2 is 1.97 bits per heavy atom. The van der Waals surface area contributed by atoms with Gasteiger partial charge < -0.3 is 24.5 Å². The smallest absolute Gasteiger partial charge is 0.312 e. The molecule has 0 bridgehead atoms. The van der Waals surface area contributed by atoms with E-state index in [1.807, 2.05) is 16.7 Å². The topological polar surface area (TPSA) is 97.3 Å². The lowest BCUT2D eigenvalue weighted by Gasteiger charge is -2.11. The molecule has 1 aliphatic rings. The number of fused-ring (bicyclic) bond motifs is 2. The molecular weight excluding hydrogens is 504 g/mol. The average Bonchev–Trinajstić information content (AvgIpc) is 3.29. The zero-order valence-corrected chi connectivity index (χ0v) is 18.8. The van der Waals surface area contributed by atoms with E-state index >= 15 is 0 Å². The molecule has 0 saturated carbocycles. The standard InChI is InChI=1S/C20H23FIN5O3/c1-2-3-4-6-28-7-5-27-16(24-17-18(23)25-20(21)26-19(17)27)9-12-8-14-15(10-13(12)22)30-11-29-14/h8,10H,2-7,9,11H2,1H3,(H2,23,25,26). The molecule has 0 saturated heterocycles. The molecule has 1 aliphatic heterocycles. The van der Waals surface area contributed by atoms with Crippen LogP contribution in [0.4, 0.5) is 10.2 Å². The highest BCUT2D eigenvalue weighted by Gasteiger charge is 2.21. The number of hydrogen-bond acceptors (Lipinski definition) is 7. The molecule has 8 nitrogen and oxygen atoms in total. The van der Waals surface area contributed by atoms with Crippen molar-refractivity contribution >= 4 is 39.6 Å². The van der Waals surface area contributed by atoms with Crippen LogP contribution in [0.1, 0.15) is 37.6 Å². The summed E-state index contributed by atoms with van der Waals surface area (Å²) in [6.45, 7) is 4.04. The highest BCUT2D eigenvalue weighted by Crippen LogP contribution is 2.36. The summed E-state index contributed by atoms with van der Waals surface area (Å²) in [4.78, 5) is 12.2. The molecule has 4 rings (SSSR count). The fourth-order valence-electron chi connectivity index (χ4n) is 3.39. The molecule has 1 aromatic carbocycles. The predicted molar refractivity (Wildman–Crippen MR) is 118 cm³/mol. The van der Waals surface area contributed by atoms with Gasteiger partial charge in [-0.25, -0.2) is 4.98 Å². The average molecular weight is 527 g/mol. The first kappa shape index (κ1) is 21.0. The van der Waals surface area contributed by atoms with E-state index in [1.54, 1.807) is 0 Å². The molecule has 0 radical (unpaired) electrons. The van der Waals surface area contributed by atoms with Gasteiger partial charge >= 0.3 is 6.08 Å². The second-order valence-electron chi connectivity index (χ2n) is 7.02. The number of nitrogens with zero attached hydrogens (tertiary/aromatic N) is 4. The van der Waals surface area contributed by atoms with Gasteiger partial charge in [0.1, 0.15) is 5.82 Å². The van der Waals surface area contributed by atoms with Crippen LogP contribution in [0, 0.1) is 9.65 Å². The van der Waals surface area contributed by atoms with E-state index in [0.29, 0.717) is 48.9 Å². The van der Waals surface area contributed by atoms with Crippen LogP contribution in [0.2, 0.25) is 0 Å². The summed E-state index contributed by atoms with van der Waals surface area (Å²) < 4.78 is 33.4. The summed E-state index contributed by atoms with van der Waals surface area (Å²) in [5.74, 6) is 2.18. The van der Waals surface area contributed by atoms with Crippen LogP contribution >= 0.6 is 22.6 Å². The maximum Gasteiger partial charge on any atom is 0.312 e. The first-order valence-corrected chi connectivity index (χ1v) is 11.0. The Kier molecular flexibility index (Phi) is 6.52. The van der Waals surface area contributed by atoms with E-state index in [2.05, 4.69) is 44.5 Å². The van der Waals surface area contributed by atoms with Crippen LogP contribution in [0.15, 0.2) is 12.1 Å². The number of halogens is 2. The number of rotatable bonds is 9. The Morgan fingerprint density at radius 3 is 2.77 bits per heavy atom. The third kappa shape index (κ3) is 4.43. The molecule has 10 heteroatoms. The zero-order chi connectivity index (χ0) is 21.1. The maximum atomic E-state index is 13.8. The third-order valence-electron chi connectivity index (χ3n) is 4.92. The number of anilines is 1. The van der Waals surface area contributed by atoms with Gasteiger partial charge in [-0.1, -0.05) is 19.8 Å². The van der Waals surface area contributed by atoms with Gasteiger partial charge in [0.25, 0.3) is 0 Å². The second kappa shape index (κ2) is 9.29. The number of benzene rings is 1. The van der Waals surface area contributed by atoms with Crippen molar-refractivity contribution in [1.29, 1.82) is 0 Å². The lowest BCUT2D eigenvalue weighted by atomic mass is 10.1. The summed E-state index contributed by atoms with van der Waals surface area (Å²) in [5.41, 5.74) is 7.70. The van der Waals surface area contributed by atoms with Gasteiger partial charge in [-0.2, -0.15) is 14.4 Å². The van der Waals surface area contributed by atoms with Crippen molar-refractivity contribution in [3.8, 4) is 11.5 Å². The van der Waals surface area contributed by atoms with Gasteiger partial charge in [0.05, 0.1) is 6.61 Å². The van der Waals surface area contributed by atoms with Gasteiger partial charge in [0.15, 0.2) is 28.5 Å². The van der Waals surface area contributed by atoms with Crippen molar-refractivity contribution in [2.75, 3.05) is 25.7 Å². The third-order valence-corrected chi connectivity index (χ3v) is 5.92. The van der Waals surface area contributed by atoms with E-state index in [-0.39, 0.29) is 12.6 Å². The van der Waals surface area contributed by atoms with Gasteiger partial charge in [0, 0.05) is 23.1 Å². The van der Waals surface area contributed by atoms with Gasteiger partial charge in [-0.05, 0) is 46.7 Å². The molecular formula is C20H23FIN5O3. The molecule has 2 N–H and O–H groups in total. The Hall–Kier alpha value is -2.21. The minimum absolute atomic E-state index is 0.0294. The summed E-state index contributed by atoms with van der Waals surface area (Å²) in [6.07, 6.45) is 2.93. The number of imidazole rings is 1. The van der Waals surface area contributed by atoms with E-state index in [1.165, 1.54) is 0 Å². The molecule has 3 aromatic rings. The fourth-order valence-corrected chi connectivity index (χ4v) is 4.02. The molecule has 3 heterocycles. The molecule has 30 heavy (non-hydrogen) atoms. The van der Waals surface area contributed by atoms with Crippen molar-refractivity contribution in [1.82, 2.24) is 19.5 Å². The monoisotopic (exact) mass is 527 g/mol. The molecule has 0 amide bonds. The van der Waals surface area contributed by atoms with Gasteiger partial charge in [-0.3, -0.25) is 0 Å². The van der Waals surface area contributed by atoms with E-state index < -0.39 is 6.08 Å². The summed E-state index contributed by atoms with van der Waals surface area (Å²) in [7, 11) is 0. The number of aromatic nitrogens is 4. The SMILES string of the molecule is CCCCCOCCn1c(Cc2cc3c(cc2I)OCO3)nc2c(N)nc(F)nc21. The van der Waals surface area contributed by atoms with Crippen LogP contribution in [0.25, 0.3) is 11.2 Å². The summed E-state index contributed by atoms with van der Waals surface area (Å²) >= 11 is 2.26. The van der Waals surface area contributed by atoms with Crippen LogP contribution < -0.4 is 15.2 Å². The zero-order valence-electron chi connectivity index (χ0n) is 16.7. The van der Waals surface area contributed by atoms with Crippen molar-refractivity contribution < 1.29 is 18.6 Å². The first-order chi connectivity index (χ1) is 14.6. The molecule has 160 valence electrons. The van der Waals surface area contributed by atoms with Gasteiger partial charge in [0.2, 0.25) is 6.79 Å². The highest BCUT2D eigenvalue weighted by molar-refractivity contribution is 14.1. The number of nitrogen functional groups attached to an aromatic ring is 1. The molecule has 0 unspecified atom stereocenters. The minimum atomic E-state index is -0.866. The second-order valence-corrected chi connectivity index (χ2v) is 8.19. The van der Waals surface area contributed by atoms with E-state index in [9.17, 15) is 4.39 Å². The molecule has 0 aliphatic carbocycles. The largest absolute Gasteiger partial charge is 0.454 e. The van der Waals surface area contributed by atoms with Crippen molar-refractivity contribution in [2.24, 2.45) is 0 Å². The van der Waals surface area contributed by atoms with Gasteiger partial charge in [-0.15, -0.1) is 0 Å². The van der Waals surface area contributed by atoms with Crippen LogP contribution in [0.3, 0.4) is 0 Å². The molecule has 0 atom stereocenters. The number of ether oxygens (including phenoxy) is 3. The lowest BCUT2D eigenvalue weighted by Crippen LogP contribution is -2.12. The Labute approximate surface area is 187 Å². The number of nitrogens with two attached hydrogens (primary N) is 1. The van der Waals surface area contributed by atoms with Crippen molar-refractivity contribution in [3.63, 3.8) is 0 Å². The summed E-state index contributed by atoms with van der Waals surface area (Å²) in [6, 6.07) is 3.89. The minimum Gasteiger partial charge on any atom is -0.454 e. The van der Waals surface area contributed by atoms with Crippen LogP contribution in [0.5, 0.6) is 11.5 Å². The highest BCUT2D eigenvalue weighted by atomic mass is 127. The van der Waals surface area contributed by atoms with E-state index in [4.69, 9.17) is 19.9 Å². The number of unbranched alkanes of at least 4 members (excludes halogenated alkanes) is 2. The Morgan fingerprint density at radius 1 is 1.17 bits per heavy atom. The van der Waals surface area contributed by atoms with E-state index in [0.717, 1.165) is 34.1 Å². The van der Waals surface area contributed by atoms with Crippen molar-refractivity contribution in [2.45, 2.75) is 39.2 Å². The lowest BCUT2D eigenvalue weighted by molar-refractivity contribution is 0.122. The Bertz CT molecular complexity index is 1060. The quantitative estimate of drug-likeness (QED) is 0.258. The van der Waals surface area contributed by atoms with Crippen LogP contribution in [-0.2, 0) is 17.7 Å². The predicted octanol–water partition coefficient (Wildman–Crippen LogP) is 3.68. The maximum absolute atomic E-state index is 13.8. The first-order valence-electron chi connectivity index (χ1n) is 9.90. The number of hydrogen-bond donors (Lipinski definition) is 1. The van der Waals surface area contributed by atoms with Crippen LogP contribution in [-0.4, -0.2) is 39.5 Å². The molecule has 2 aromatic heterocycles. The summed E-state index contributed by atoms with van der Waals surface area (Å²) in [5, 5.41) is 0.